The van der Waals surface area contributed by atoms with Crippen LogP contribution in [-0.2, 0) is 29.1 Å². The Bertz CT molecular complexity index is 1630. The number of amides is 1. The summed E-state index contributed by atoms with van der Waals surface area (Å²) in [6.07, 6.45) is 0. The number of nitro benzene ring substituents is 1. The lowest BCUT2D eigenvalue weighted by Gasteiger charge is -2.32. The molecule has 2 aliphatic heterocycles. The number of carbonyl (C=O) groups excluding carboxylic acids is 3. The lowest BCUT2D eigenvalue weighted by molar-refractivity contribution is -0.385. The van der Waals surface area contributed by atoms with E-state index in [0.717, 1.165) is 0 Å². The van der Waals surface area contributed by atoms with Crippen LogP contribution < -0.4 is 5.32 Å². The summed E-state index contributed by atoms with van der Waals surface area (Å²) in [6.45, 7) is 7.19. The molecule has 1 amide bonds. The number of dihydropyridines is 1. The number of benzene rings is 2. The molecule has 4 rings (SSSR count). The second kappa shape index (κ2) is 10.8. The third-order valence-electron chi connectivity index (χ3n) is 6.48. The average molecular weight is 584 g/mol. The van der Waals surface area contributed by atoms with Crippen molar-refractivity contribution >= 4 is 33.6 Å². The molecule has 2 aromatic carbocycles. The molecule has 1 N–H and O–H groups in total. The van der Waals surface area contributed by atoms with Gasteiger partial charge in [0.25, 0.3) is 21.6 Å². The fraction of sp³-hybridized carbons (Fsp3) is 0.321. The molecule has 1 atom stereocenters. The van der Waals surface area contributed by atoms with Crippen molar-refractivity contribution < 1.29 is 37.2 Å². The van der Waals surface area contributed by atoms with Crippen LogP contribution in [0.1, 0.15) is 56.5 Å². The highest BCUT2D eigenvalue weighted by atomic mass is 32.2. The summed E-state index contributed by atoms with van der Waals surface area (Å²) in [4.78, 5) is 50.9. The summed E-state index contributed by atoms with van der Waals surface area (Å²) < 4.78 is 37.4. The SMILES string of the molecule is CC1=C(C(=O)OCCN2C(=O)c3ccccc3S2(=O)=O)C(c2ccccc2[N+](=O)[O-])C(C(=O)OC(C)(C)C)=C(C)N1. The number of hydrogen-bond donors (Lipinski definition) is 1. The zero-order valence-electron chi connectivity index (χ0n) is 23.1. The molecule has 13 heteroatoms. The van der Waals surface area contributed by atoms with Crippen LogP contribution in [0.5, 0.6) is 0 Å². The van der Waals surface area contributed by atoms with Gasteiger partial charge in [-0.05, 0) is 46.8 Å². The van der Waals surface area contributed by atoms with Crippen molar-refractivity contribution in [1.82, 2.24) is 9.62 Å². The van der Waals surface area contributed by atoms with Crippen molar-refractivity contribution in [2.45, 2.75) is 51.0 Å². The van der Waals surface area contributed by atoms with Gasteiger partial charge in [0.15, 0.2) is 0 Å². The number of sulfonamides is 1. The number of carbonyl (C=O) groups is 3. The number of fused-ring (bicyclic) bond motifs is 1. The van der Waals surface area contributed by atoms with Gasteiger partial charge in [-0.15, -0.1) is 0 Å². The third kappa shape index (κ3) is 5.57. The largest absolute Gasteiger partial charge is 0.460 e. The number of nitro groups is 1. The van der Waals surface area contributed by atoms with Gasteiger partial charge in [0.2, 0.25) is 0 Å². The van der Waals surface area contributed by atoms with Crippen LogP contribution in [0.3, 0.4) is 0 Å². The number of nitrogens with zero attached hydrogens (tertiary/aromatic N) is 2. The van der Waals surface area contributed by atoms with Gasteiger partial charge in [0, 0.05) is 23.0 Å². The molecule has 0 radical (unpaired) electrons. The minimum absolute atomic E-state index is 0.0143. The van der Waals surface area contributed by atoms with Gasteiger partial charge in [-0.3, -0.25) is 14.9 Å². The second-order valence-electron chi connectivity index (χ2n) is 10.5. The smallest absolute Gasteiger partial charge is 0.337 e. The Morgan fingerprint density at radius 2 is 1.59 bits per heavy atom. The molecule has 0 spiro atoms. The van der Waals surface area contributed by atoms with Crippen molar-refractivity contribution in [2.24, 2.45) is 0 Å². The van der Waals surface area contributed by atoms with Crippen molar-refractivity contribution in [3.8, 4) is 0 Å². The molecule has 2 heterocycles. The first kappa shape index (κ1) is 29.5. The second-order valence-corrected chi connectivity index (χ2v) is 12.3. The number of ether oxygens (including phenoxy) is 2. The van der Waals surface area contributed by atoms with E-state index < -0.39 is 57.5 Å². The summed E-state index contributed by atoms with van der Waals surface area (Å²) in [5, 5.41) is 14.9. The van der Waals surface area contributed by atoms with E-state index in [1.807, 2.05) is 0 Å². The van der Waals surface area contributed by atoms with Crippen LogP contribution in [0.2, 0.25) is 0 Å². The summed E-state index contributed by atoms with van der Waals surface area (Å²) in [5.41, 5.74) is -0.629. The van der Waals surface area contributed by atoms with Gasteiger partial charge in [-0.25, -0.2) is 22.3 Å². The molecule has 216 valence electrons. The number of rotatable bonds is 7. The highest BCUT2D eigenvalue weighted by Gasteiger charge is 2.43. The Hall–Kier alpha value is -4.52. The monoisotopic (exact) mass is 583 g/mol. The van der Waals surface area contributed by atoms with E-state index in [0.29, 0.717) is 10.0 Å². The maximum atomic E-state index is 13.6. The number of nitrogens with one attached hydrogen (secondary N) is 1. The van der Waals surface area contributed by atoms with Gasteiger partial charge in [0.1, 0.15) is 17.1 Å². The highest BCUT2D eigenvalue weighted by molar-refractivity contribution is 7.90. The van der Waals surface area contributed by atoms with Crippen LogP contribution in [0.4, 0.5) is 5.69 Å². The Morgan fingerprint density at radius 3 is 2.20 bits per heavy atom. The molecular weight excluding hydrogens is 554 g/mol. The molecule has 12 nitrogen and oxygen atoms in total. The lowest BCUT2D eigenvalue weighted by Crippen LogP contribution is -2.36. The first-order chi connectivity index (χ1) is 19.1. The Kier molecular flexibility index (Phi) is 7.76. The van der Waals surface area contributed by atoms with Gasteiger partial charge in [-0.1, -0.05) is 30.3 Å². The van der Waals surface area contributed by atoms with Gasteiger partial charge < -0.3 is 14.8 Å². The zero-order valence-corrected chi connectivity index (χ0v) is 23.9. The molecule has 41 heavy (non-hydrogen) atoms. The van der Waals surface area contributed by atoms with E-state index in [2.05, 4.69) is 5.32 Å². The first-order valence-corrected chi connectivity index (χ1v) is 14.1. The molecule has 0 saturated carbocycles. The Morgan fingerprint density at radius 1 is 1.00 bits per heavy atom. The number of esters is 2. The number of hydrogen-bond acceptors (Lipinski definition) is 10. The van der Waals surface area contributed by atoms with Gasteiger partial charge in [-0.2, -0.15) is 0 Å². The van der Waals surface area contributed by atoms with Gasteiger partial charge >= 0.3 is 11.9 Å². The molecule has 2 aromatic rings. The van der Waals surface area contributed by atoms with Crippen molar-refractivity contribution in [3.63, 3.8) is 0 Å². The van der Waals surface area contributed by atoms with Crippen molar-refractivity contribution in [1.29, 1.82) is 0 Å². The van der Waals surface area contributed by atoms with E-state index in [9.17, 15) is 32.9 Å². The Labute approximate surface area is 236 Å². The molecule has 0 fully saturated rings. The van der Waals surface area contributed by atoms with Gasteiger partial charge in [0.05, 0.1) is 34.1 Å². The Balaban J connectivity index is 1.67. The predicted molar refractivity (Wildman–Crippen MR) is 146 cm³/mol. The maximum Gasteiger partial charge on any atom is 0.337 e. The van der Waals surface area contributed by atoms with E-state index in [1.165, 1.54) is 36.4 Å². The highest BCUT2D eigenvalue weighted by Crippen LogP contribution is 2.43. The minimum atomic E-state index is -4.12. The fourth-order valence-corrected chi connectivity index (χ4v) is 6.38. The summed E-state index contributed by atoms with van der Waals surface area (Å²) >= 11 is 0. The van der Waals surface area contributed by atoms with Crippen LogP contribution in [-0.4, -0.2) is 54.2 Å². The van der Waals surface area contributed by atoms with Crippen LogP contribution in [0.15, 0.2) is 76.0 Å². The van der Waals surface area contributed by atoms with Crippen molar-refractivity contribution in [3.05, 3.63) is 92.3 Å². The molecule has 0 aliphatic carbocycles. The topological polar surface area (TPSA) is 162 Å². The average Bonchev–Trinajstić information content (AvgIpc) is 3.07. The zero-order chi connectivity index (χ0) is 30.3. The molecule has 0 bridgehead atoms. The van der Waals surface area contributed by atoms with Crippen LogP contribution >= 0.6 is 0 Å². The quantitative estimate of drug-likeness (QED) is 0.290. The standard InChI is InChI=1S/C28H29N3O9S/c1-16-22(26(33)39-15-14-30-25(32)19-11-7-9-13-21(19)41(30,37)38)24(18-10-6-8-12-20(18)31(35)36)23(17(2)29-16)27(34)40-28(3,4)5/h6-13,24,29H,14-15H2,1-5H3. The minimum Gasteiger partial charge on any atom is -0.460 e. The molecule has 0 saturated heterocycles. The van der Waals surface area contributed by atoms with E-state index >= 15 is 0 Å². The third-order valence-corrected chi connectivity index (χ3v) is 8.32. The molecule has 0 aromatic heterocycles. The first-order valence-electron chi connectivity index (χ1n) is 12.6. The molecule has 1 unspecified atom stereocenters. The van der Waals surface area contributed by atoms with E-state index in [1.54, 1.807) is 46.8 Å². The normalized spacial score (nSPS) is 18.1. The maximum absolute atomic E-state index is 13.6. The summed E-state index contributed by atoms with van der Waals surface area (Å²) in [7, 11) is -4.12. The molecular formula is C28H29N3O9S. The summed E-state index contributed by atoms with van der Waals surface area (Å²) in [5.74, 6) is -3.71. The number of allylic oxidation sites excluding steroid dienone is 2. The van der Waals surface area contributed by atoms with Crippen molar-refractivity contribution in [2.75, 3.05) is 13.2 Å². The predicted octanol–water partition coefficient (Wildman–Crippen LogP) is 3.56. The fourth-order valence-electron chi connectivity index (χ4n) is 4.83. The van der Waals surface area contributed by atoms with Crippen LogP contribution in [0.25, 0.3) is 0 Å². The number of para-hydroxylation sites is 1. The van der Waals surface area contributed by atoms with E-state index in [-0.39, 0.29) is 38.6 Å². The van der Waals surface area contributed by atoms with E-state index in [4.69, 9.17) is 9.47 Å². The summed E-state index contributed by atoms with van der Waals surface area (Å²) in [6, 6.07) is 11.5. The molecule has 2 aliphatic rings. The lowest BCUT2D eigenvalue weighted by atomic mass is 9.79. The van der Waals surface area contributed by atoms with Crippen LogP contribution in [0, 0.1) is 10.1 Å².